The zero-order valence-electron chi connectivity index (χ0n) is 13.8. The minimum Gasteiger partial charge on any atom is -0.366 e. The molecule has 0 saturated carbocycles. The van der Waals surface area contributed by atoms with Crippen LogP contribution in [0.3, 0.4) is 0 Å². The van der Waals surface area contributed by atoms with Crippen LogP contribution in [0.2, 0.25) is 0 Å². The van der Waals surface area contributed by atoms with Crippen LogP contribution in [0.25, 0.3) is 10.9 Å². The first-order valence-corrected chi connectivity index (χ1v) is 8.56. The largest absolute Gasteiger partial charge is 0.366 e. The van der Waals surface area contributed by atoms with Gasteiger partial charge in [-0.2, -0.15) is 0 Å². The number of pyridine rings is 1. The molecule has 1 aromatic heterocycles. The van der Waals surface area contributed by atoms with E-state index >= 15 is 0 Å². The highest BCUT2D eigenvalue weighted by atomic mass is 16.6. The predicted octanol–water partition coefficient (Wildman–Crippen LogP) is 4.53. The number of fused-ring (bicyclic) bond motifs is 1. The summed E-state index contributed by atoms with van der Waals surface area (Å²) in [6.45, 7) is 1.65. The highest BCUT2D eigenvalue weighted by molar-refractivity contribution is 5.94. The van der Waals surface area contributed by atoms with Crippen molar-refractivity contribution in [2.75, 3.05) is 18.0 Å². The van der Waals surface area contributed by atoms with E-state index in [1.54, 1.807) is 18.3 Å². The van der Waals surface area contributed by atoms with Crippen LogP contribution in [0.1, 0.15) is 24.3 Å². The van der Waals surface area contributed by atoms with Gasteiger partial charge in [-0.3, -0.25) is 15.1 Å². The molecular formula is C20H19N3O2. The van der Waals surface area contributed by atoms with Crippen molar-refractivity contribution in [1.82, 2.24) is 4.98 Å². The van der Waals surface area contributed by atoms with Gasteiger partial charge in [-0.15, -0.1) is 0 Å². The summed E-state index contributed by atoms with van der Waals surface area (Å²) in [7, 11) is 0. The van der Waals surface area contributed by atoms with Gasteiger partial charge in [0.15, 0.2) is 0 Å². The van der Waals surface area contributed by atoms with E-state index in [4.69, 9.17) is 0 Å². The van der Waals surface area contributed by atoms with Crippen molar-refractivity contribution in [3.8, 4) is 0 Å². The molecule has 1 saturated heterocycles. The maximum atomic E-state index is 11.7. The fourth-order valence-corrected chi connectivity index (χ4v) is 3.75. The normalized spacial score (nSPS) is 15.4. The van der Waals surface area contributed by atoms with Gasteiger partial charge in [0.1, 0.15) is 5.69 Å². The fourth-order valence-electron chi connectivity index (χ4n) is 3.75. The Morgan fingerprint density at radius 3 is 2.48 bits per heavy atom. The summed E-state index contributed by atoms with van der Waals surface area (Å²) in [4.78, 5) is 17.8. The second kappa shape index (κ2) is 6.51. The second-order valence-corrected chi connectivity index (χ2v) is 6.43. The zero-order chi connectivity index (χ0) is 17.2. The molecule has 1 aliphatic rings. The molecule has 0 aliphatic carbocycles. The Morgan fingerprint density at radius 1 is 1.00 bits per heavy atom. The van der Waals surface area contributed by atoms with Gasteiger partial charge in [0.2, 0.25) is 0 Å². The Bertz CT molecular complexity index is 903. The quantitative estimate of drug-likeness (QED) is 0.522. The summed E-state index contributed by atoms with van der Waals surface area (Å²) in [6.07, 6.45) is 3.68. The average molecular weight is 333 g/mol. The molecule has 0 unspecified atom stereocenters. The maximum Gasteiger partial charge on any atom is 0.301 e. The highest BCUT2D eigenvalue weighted by Gasteiger charge is 2.27. The number of nitro benzene ring substituents is 1. The smallest absolute Gasteiger partial charge is 0.301 e. The number of benzene rings is 2. The summed E-state index contributed by atoms with van der Waals surface area (Å²) in [6, 6.07) is 17.8. The van der Waals surface area contributed by atoms with Crippen molar-refractivity contribution in [1.29, 1.82) is 0 Å². The topological polar surface area (TPSA) is 59.3 Å². The Morgan fingerprint density at radius 2 is 1.76 bits per heavy atom. The molecule has 2 aromatic carbocycles. The molecule has 1 aliphatic heterocycles. The molecule has 0 amide bonds. The molecule has 0 bridgehead atoms. The van der Waals surface area contributed by atoms with Gasteiger partial charge in [-0.25, -0.2) is 0 Å². The van der Waals surface area contributed by atoms with Crippen LogP contribution < -0.4 is 4.90 Å². The van der Waals surface area contributed by atoms with Crippen molar-refractivity contribution < 1.29 is 4.92 Å². The summed E-state index contributed by atoms with van der Waals surface area (Å²) < 4.78 is 0. The SMILES string of the molecule is O=[N+]([O-])c1c(N2CCC(c3ccccc3)CC2)ccc2ncccc12. The Balaban J connectivity index is 1.63. The molecule has 3 aromatic rings. The monoisotopic (exact) mass is 333 g/mol. The first-order valence-electron chi connectivity index (χ1n) is 8.56. The average Bonchev–Trinajstić information content (AvgIpc) is 2.68. The van der Waals surface area contributed by atoms with Gasteiger partial charge in [0, 0.05) is 19.3 Å². The van der Waals surface area contributed by atoms with Crippen molar-refractivity contribution in [3.63, 3.8) is 0 Å². The van der Waals surface area contributed by atoms with Gasteiger partial charge in [0.05, 0.1) is 15.8 Å². The zero-order valence-corrected chi connectivity index (χ0v) is 13.8. The first kappa shape index (κ1) is 15.6. The lowest BCUT2D eigenvalue weighted by Crippen LogP contribution is -2.33. The lowest BCUT2D eigenvalue weighted by Gasteiger charge is -2.33. The van der Waals surface area contributed by atoms with Crippen LogP contribution >= 0.6 is 0 Å². The first-order chi connectivity index (χ1) is 12.2. The third-order valence-corrected chi connectivity index (χ3v) is 5.02. The molecule has 0 radical (unpaired) electrons. The molecule has 25 heavy (non-hydrogen) atoms. The standard InChI is InChI=1S/C20H19N3O2/c24-23(25)20-17-7-4-12-21-18(17)8-9-19(20)22-13-10-16(11-14-22)15-5-2-1-3-6-15/h1-9,12,16H,10-11,13-14H2. The van der Waals surface area contributed by atoms with Crippen LogP contribution in [0.4, 0.5) is 11.4 Å². The van der Waals surface area contributed by atoms with E-state index in [2.05, 4.69) is 34.1 Å². The number of rotatable bonds is 3. The lowest BCUT2D eigenvalue weighted by molar-refractivity contribution is -0.382. The van der Waals surface area contributed by atoms with E-state index in [0.29, 0.717) is 22.5 Å². The molecule has 0 spiro atoms. The number of piperidine rings is 1. The van der Waals surface area contributed by atoms with Gasteiger partial charge in [-0.05, 0) is 48.6 Å². The predicted molar refractivity (Wildman–Crippen MR) is 99.0 cm³/mol. The Kier molecular flexibility index (Phi) is 4.06. The van der Waals surface area contributed by atoms with Crippen LogP contribution in [0.15, 0.2) is 60.8 Å². The van der Waals surface area contributed by atoms with E-state index in [-0.39, 0.29) is 10.6 Å². The van der Waals surface area contributed by atoms with E-state index in [1.165, 1.54) is 5.56 Å². The van der Waals surface area contributed by atoms with Crippen molar-refractivity contribution >= 4 is 22.3 Å². The van der Waals surface area contributed by atoms with E-state index in [1.807, 2.05) is 18.2 Å². The summed E-state index contributed by atoms with van der Waals surface area (Å²) >= 11 is 0. The number of nitro groups is 1. The number of hydrogen-bond donors (Lipinski definition) is 0. The van der Waals surface area contributed by atoms with Crippen LogP contribution in [-0.2, 0) is 0 Å². The number of aromatic nitrogens is 1. The van der Waals surface area contributed by atoms with Gasteiger partial charge in [0.25, 0.3) is 0 Å². The summed E-state index contributed by atoms with van der Waals surface area (Å²) in [5.41, 5.74) is 2.90. The van der Waals surface area contributed by atoms with Crippen LogP contribution in [-0.4, -0.2) is 23.0 Å². The fraction of sp³-hybridized carbons (Fsp3) is 0.250. The lowest BCUT2D eigenvalue weighted by atomic mass is 9.89. The second-order valence-electron chi connectivity index (χ2n) is 6.43. The summed E-state index contributed by atoms with van der Waals surface area (Å²) in [5.74, 6) is 0.527. The third-order valence-electron chi connectivity index (χ3n) is 5.02. The molecule has 126 valence electrons. The Hall–Kier alpha value is -2.95. The molecule has 5 heteroatoms. The molecule has 0 atom stereocenters. The van der Waals surface area contributed by atoms with Crippen molar-refractivity contribution in [2.45, 2.75) is 18.8 Å². The molecular weight excluding hydrogens is 314 g/mol. The van der Waals surface area contributed by atoms with E-state index in [9.17, 15) is 10.1 Å². The van der Waals surface area contributed by atoms with Crippen molar-refractivity contribution in [3.05, 3.63) is 76.5 Å². The Labute approximate surface area is 146 Å². The molecule has 1 fully saturated rings. The molecule has 2 heterocycles. The molecule has 4 rings (SSSR count). The third kappa shape index (κ3) is 2.93. The highest BCUT2D eigenvalue weighted by Crippen LogP contribution is 2.38. The summed E-state index contributed by atoms with van der Waals surface area (Å²) in [5, 5.41) is 12.3. The number of nitrogens with zero attached hydrogens (tertiary/aromatic N) is 3. The molecule has 0 N–H and O–H groups in total. The van der Waals surface area contributed by atoms with E-state index < -0.39 is 0 Å². The van der Waals surface area contributed by atoms with Gasteiger partial charge >= 0.3 is 5.69 Å². The van der Waals surface area contributed by atoms with Gasteiger partial charge < -0.3 is 4.90 Å². The van der Waals surface area contributed by atoms with Crippen LogP contribution in [0.5, 0.6) is 0 Å². The van der Waals surface area contributed by atoms with Crippen molar-refractivity contribution in [2.24, 2.45) is 0 Å². The molecule has 5 nitrogen and oxygen atoms in total. The number of anilines is 1. The maximum absolute atomic E-state index is 11.7. The van der Waals surface area contributed by atoms with Gasteiger partial charge in [-0.1, -0.05) is 30.3 Å². The number of hydrogen-bond acceptors (Lipinski definition) is 4. The minimum absolute atomic E-state index is 0.170. The minimum atomic E-state index is -0.275. The van der Waals surface area contributed by atoms with E-state index in [0.717, 1.165) is 25.9 Å². The van der Waals surface area contributed by atoms with Crippen LogP contribution in [0, 0.1) is 10.1 Å².